The number of nitrogens with one attached hydrogen (secondary N) is 2. The zero-order valence-electron chi connectivity index (χ0n) is 19.4. The predicted octanol–water partition coefficient (Wildman–Crippen LogP) is 1.32. The molecule has 1 aliphatic heterocycles. The Kier molecular flexibility index (Phi) is 6.29. The van der Waals surface area contributed by atoms with Crippen LogP contribution in [0.5, 0.6) is 0 Å². The third-order valence-electron chi connectivity index (χ3n) is 6.10. The topological polar surface area (TPSA) is 133 Å². The van der Waals surface area contributed by atoms with Gasteiger partial charge in [-0.05, 0) is 44.6 Å². The highest BCUT2D eigenvalue weighted by Gasteiger charge is 2.30. The van der Waals surface area contributed by atoms with E-state index in [-0.39, 0.29) is 34.8 Å². The number of fused-ring (bicyclic) bond motifs is 1. The average Bonchev–Trinajstić information content (AvgIpc) is 3.45. The minimum Gasteiger partial charge on any atom is -0.384 e. The Bertz CT molecular complexity index is 1150. The fraction of sp³-hybridized carbons (Fsp3) is 0.565. The van der Waals surface area contributed by atoms with E-state index in [1.165, 1.54) is 16.8 Å². The number of hydrogen-bond donors (Lipinski definition) is 3. The van der Waals surface area contributed by atoms with Crippen LogP contribution in [0.2, 0.25) is 0 Å². The van der Waals surface area contributed by atoms with Crippen LogP contribution in [0.4, 0.5) is 5.82 Å². The molecule has 33 heavy (non-hydrogen) atoms. The number of carbonyl (C=O) groups excluding carboxylic acids is 2. The van der Waals surface area contributed by atoms with Gasteiger partial charge in [0.05, 0.1) is 6.20 Å². The molecule has 2 fully saturated rings. The predicted molar refractivity (Wildman–Crippen MR) is 125 cm³/mol. The minimum atomic E-state index is -0.570. The highest BCUT2D eigenvalue weighted by atomic mass is 16.5. The normalized spacial score (nSPS) is 18.2. The number of nitrogens with zero attached hydrogens (tertiary/aromatic N) is 3. The van der Waals surface area contributed by atoms with Crippen molar-refractivity contribution in [1.29, 1.82) is 0 Å². The van der Waals surface area contributed by atoms with Crippen LogP contribution in [0.3, 0.4) is 0 Å². The standard InChI is InChI=1S/C23H32N6O4/c1-14(2)13-28-19(24)18(20(31)26-16-5-6-16)22(32)29-21(28)15(12-25-29)4-7-17(30)27-23(3)8-10-33-11-9-23/h4,7,12,14,16H,5-6,8-11,13,24H2,1-3H3,(H,26,31)(H,27,30)/b7-4+. The summed E-state index contributed by atoms with van der Waals surface area (Å²) in [4.78, 5) is 38.4. The molecule has 10 nitrogen and oxygen atoms in total. The van der Waals surface area contributed by atoms with Gasteiger partial charge in [0.15, 0.2) is 0 Å². The molecular formula is C23H32N6O4. The van der Waals surface area contributed by atoms with Crippen LogP contribution in [-0.2, 0) is 16.1 Å². The molecule has 1 aliphatic carbocycles. The van der Waals surface area contributed by atoms with Crippen LogP contribution in [-0.4, -0.2) is 50.8 Å². The van der Waals surface area contributed by atoms with E-state index in [4.69, 9.17) is 10.5 Å². The van der Waals surface area contributed by atoms with E-state index < -0.39 is 11.5 Å². The summed E-state index contributed by atoms with van der Waals surface area (Å²) in [5.74, 6) is -0.406. The molecule has 2 aromatic heterocycles. The molecule has 3 heterocycles. The highest BCUT2D eigenvalue weighted by Crippen LogP contribution is 2.23. The van der Waals surface area contributed by atoms with Crippen molar-refractivity contribution >= 4 is 29.4 Å². The second-order valence-electron chi connectivity index (χ2n) is 9.65. The van der Waals surface area contributed by atoms with E-state index in [0.29, 0.717) is 31.0 Å². The van der Waals surface area contributed by atoms with Gasteiger partial charge in [-0.15, -0.1) is 0 Å². The molecule has 0 spiro atoms. The smallest absolute Gasteiger partial charge is 0.289 e. The van der Waals surface area contributed by atoms with Gasteiger partial charge in [0, 0.05) is 43.0 Å². The lowest BCUT2D eigenvalue weighted by atomic mass is 9.92. The minimum absolute atomic E-state index is 0.0951. The van der Waals surface area contributed by atoms with Crippen molar-refractivity contribution in [3.8, 4) is 0 Å². The summed E-state index contributed by atoms with van der Waals surface area (Å²) in [5.41, 5.74) is 6.41. The summed E-state index contributed by atoms with van der Waals surface area (Å²) in [5, 5.41) is 10.1. The average molecular weight is 457 g/mol. The molecule has 0 radical (unpaired) electrons. The van der Waals surface area contributed by atoms with E-state index in [1.54, 1.807) is 10.6 Å². The van der Waals surface area contributed by atoms with Gasteiger partial charge in [-0.3, -0.25) is 14.4 Å². The maximum absolute atomic E-state index is 13.1. The van der Waals surface area contributed by atoms with Gasteiger partial charge >= 0.3 is 0 Å². The number of anilines is 1. The van der Waals surface area contributed by atoms with Crippen molar-refractivity contribution in [1.82, 2.24) is 24.8 Å². The molecule has 0 atom stereocenters. The fourth-order valence-electron chi connectivity index (χ4n) is 4.06. The molecule has 4 N–H and O–H groups in total. The van der Waals surface area contributed by atoms with E-state index in [2.05, 4.69) is 15.7 Å². The van der Waals surface area contributed by atoms with Crippen LogP contribution in [0, 0.1) is 5.92 Å². The number of carbonyl (C=O) groups is 2. The lowest BCUT2D eigenvalue weighted by Gasteiger charge is -2.34. The van der Waals surface area contributed by atoms with E-state index in [0.717, 1.165) is 25.7 Å². The van der Waals surface area contributed by atoms with Crippen molar-refractivity contribution in [3.05, 3.63) is 33.8 Å². The number of rotatable bonds is 7. The van der Waals surface area contributed by atoms with Gasteiger partial charge in [0.25, 0.3) is 11.5 Å². The SMILES string of the molecule is CC(C)Cn1c(N)c(C(=O)NC2CC2)c(=O)n2ncc(/C=C/C(=O)NC3(C)CCOCC3)c12. The molecule has 0 aromatic carbocycles. The molecule has 10 heteroatoms. The molecule has 2 aromatic rings. The Labute approximate surface area is 192 Å². The molecule has 1 saturated heterocycles. The van der Waals surface area contributed by atoms with E-state index in [1.807, 2.05) is 20.8 Å². The number of ether oxygens (including phenoxy) is 1. The second-order valence-corrected chi connectivity index (χ2v) is 9.65. The molecule has 0 bridgehead atoms. The van der Waals surface area contributed by atoms with E-state index >= 15 is 0 Å². The van der Waals surface area contributed by atoms with Crippen LogP contribution < -0.4 is 21.9 Å². The first kappa shape index (κ1) is 23.0. The zero-order chi connectivity index (χ0) is 23.8. The van der Waals surface area contributed by atoms with Crippen molar-refractivity contribution in [2.24, 2.45) is 5.92 Å². The maximum atomic E-state index is 13.1. The molecule has 0 unspecified atom stereocenters. The van der Waals surface area contributed by atoms with Crippen molar-refractivity contribution in [3.63, 3.8) is 0 Å². The Balaban J connectivity index is 1.69. The summed E-state index contributed by atoms with van der Waals surface area (Å²) in [6.07, 6.45) is 7.87. The molecule has 4 rings (SSSR count). The summed E-state index contributed by atoms with van der Waals surface area (Å²) in [6, 6.07) is 0.0951. The van der Waals surface area contributed by atoms with Gasteiger partial charge in [0.2, 0.25) is 5.91 Å². The number of hydrogen-bond acceptors (Lipinski definition) is 6. The number of aromatic nitrogens is 3. The maximum Gasteiger partial charge on any atom is 0.289 e. The second kappa shape index (κ2) is 9.01. The number of nitrogens with two attached hydrogens (primary N) is 1. The van der Waals surface area contributed by atoms with Crippen LogP contribution in [0.1, 0.15) is 62.4 Å². The Morgan fingerprint density at radius 2 is 2.03 bits per heavy atom. The molecular weight excluding hydrogens is 424 g/mol. The van der Waals surface area contributed by atoms with Gasteiger partial charge in [-0.25, -0.2) is 0 Å². The molecule has 1 saturated carbocycles. The first-order valence-corrected chi connectivity index (χ1v) is 11.5. The van der Waals surface area contributed by atoms with Crippen molar-refractivity contribution < 1.29 is 14.3 Å². The monoisotopic (exact) mass is 456 g/mol. The van der Waals surface area contributed by atoms with Gasteiger partial charge in [-0.2, -0.15) is 9.61 Å². The van der Waals surface area contributed by atoms with Crippen LogP contribution in [0.25, 0.3) is 11.7 Å². The first-order valence-electron chi connectivity index (χ1n) is 11.5. The fourth-order valence-corrected chi connectivity index (χ4v) is 4.06. The highest BCUT2D eigenvalue weighted by molar-refractivity contribution is 5.99. The Morgan fingerprint density at radius 1 is 1.33 bits per heavy atom. The number of amides is 2. The molecule has 2 amide bonds. The largest absolute Gasteiger partial charge is 0.384 e. The van der Waals surface area contributed by atoms with Crippen molar-refractivity contribution in [2.45, 2.75) is 64.6 Å². The quantitative estimate of drug-likeness (QED) is 0.539. The van der Waals surface area contributed by atoms with Gasteiger partial charge in [0.1, 0.15) is 17.0 Å². The lowest BCUT2D eigenvalue weighted by molar-refractivity contribution is -0.119. The number of nitrogen functional groups attached to an aromatic ring is 1. The molecule has 2 aliphatic rings. The van der Waals surface area contributed by atoms with E-state index in [9.17, 15) is 14.4 Å². The van der Waals surface area contributed by atoms with Crippen LogP contribution >= 0.6 is 0 Å². The van der Waals surface area contributed by atoms with Gasteiger partial charge in [-0.1, -0.05) is 13.8 Å². The summed E-state index contributed by atoms with van der Waals surface area (Å²) >= 11 is 0. The Hall–Kier alpha value is -3.14. The zero-order valence-corrected chi connectivity index (χ0v) is 19.4. The third kappa shape index (κ3) is 4.95. The third-order valence-corrected chi connectivity index (χ3v) is 6.10. The van der Waals surface area contributed by atoms with Crippen LogP contribution in [0.15, 0.2) is 17.1 Å². The lowest BCUT2D eigenvalue weighted by Crippen LogP contribution is -2.49. The first-order chi connectivity index (χ1) is 15.7. The summed E-state index contributed by atoms with van der Waals surface area (Å²) in [7, 11) is 0. The Morgan fingerprint density at radius 3 is 2.67 bits per heavy atom. The van der Waals surface area contributed by atoms with Crippen molar-refractivity contribution in [2.75, 3.05) is 18.9 Å². The van der Waals surface area contributed by atoms with Gasteiger partial charge < -0.3 is 25.7 Å². The summed E-state index contributed by atoms with van der Waals surface area (Å²) in [6.45, 7) is 7.76. The summed E-state index contributed by atoms with van der Waals surface area (Å²) < 4.78 is 8.31. The molecule has 178 valence electrons.